The van der Waals surface area contributed by atoms with Crippen LogP contribution in [0.1, 0.15) is 16.8 Å². The van der Waals surface area contributed by atoms with Crippen molar-refractivity contribution in [2.75, 3.05) is 13.1 Å². The molecule has 0 N–H and O–H groups in total. The number of nitrogens with zero attached hydrogens (tertiary/aromatic N) is 4. The van der Waals surface area contributed by atoms with E-state index in [1.165, 1.54) is 0 Å². The van der Waals surface area contributed by atoms with Gasteiger partial charge in [0.25, 0.3) is 0 Å². The van der Waals surface area contributed by atoms with Gasteiger partial charge in [-0.05, 0) is 35.7 Å². The molecule has 0 atom stereocenters. The summed E-state index contributed by atoms with van der Waals surface area (Å²) >= 11 is 0. The molecule has 2 aromatic heterocycles. The van der Waals surface area contributed by atoms with Crippen molar-refractivity contribution in [2.45, 2.75) is 18.6 Å². The van der Waals surface area contributed by atoms with Crippen LogP contribution >= 0.6 is 0 Å². The van der Waals surface area contributed by atoms with Gasteiger partial charge in [-0.25, -0.2) is 12.7 Å². The van der Waals surface area contributed by atoms with Gasteiger partial charge in [-0.2, -0.15) is 10.2 Å². The predicted molar refractivity (Wildman–Crippen MR) is 103 cm³/mol. The van der Waals surface area contributed by atoms with Crippen LogP contribution in [0.4, 0.5) is 0 Å². The highest BCUT2D eigenvalue weighted by atomic mass is 32.2. The van der Waals surface area contributed by atoms with Gasteiger partial charge in [0.15, 0.2) is 0 Å². The first-order valence-electron chi connectivity index (χ1n) is 8.89. The van der Waals surface area contributed by atoms with E-state index in [4.69, 9.17) is 0 Å². The Kier molecular flexibility index (Phi) is 4.96. The lowest BCUT2D eigenvalue weighted by atomic mass is 10.1. The second-order valence-corrected chi connectivity index (χ2v) is 8.55. The van der Waals surface area contributed by atoms with E-state index in [9.17, 15) is 8.42 Å². The molecule has 0 unspecified atom stereocenters. The molecule has 7 heteroatoms. The molecule has 27 heavy (non-hydrogen) atoms. The molecule has 0 saturated carbocycles. The van der Waals surface area contributed by atoms with Crippen molar-refractivity contribution in [3.8, 4) is 11.3 Å². The van der Waals surface area contributed by atoms with Gasteiger partial charge in [0.05, 0.1) is 17.1 Å². The Labute approximate surface area is 159 Å². The summed E-state index contributed by atoms with van der Waals surface area (Å²) in [6, 6.07) is 15.1. The average Bonchev–Trinajstić information content (AvgIpc) is 2.92. The number of pyridine rings is 1. The lowest BCUT2D eigenvalue weighted by Crippen LogP contribution is -2.34. The molecular formula is C20H20N4O2S. The van der Waals surface area contributed by atoms with Crippen LogP contribution in [0.15, 0.2) is 60.9 Å². The smallest absolute Gasteiger partial charge is 0.218 e. The SMILES string of the molecule is O=S(=O)(Cc1ccccc1)N1CCc2cc(-c3ccncc3)nnc2CC1. The third kappa shape index (κ3) is 4.04. The second-order valence-electron chi connectivity index (χ2n) is 6.58. The highest BCUT2D eigenvalue weighted by molar-refractivity contribution is 7.88. The van der Waals surface area contributed by atoms with Crippen LogP contribution in [0, 0.1) is 0 Å². The summed E-state index contributed by atoms with van der Waals surface area (Å²) in [6.07, 6.45) is 4.66. The van der Waals surface area contributed by atoms with Gasteiger partial charge in [-0.15, -0.1) is 0 Å². The summed E-state index contributed by atoms with van der Waals surface area (Å²) in [6.45, 7) is 0.898. The fraction of sp³-hybridized carbons (Fsp3) is 0.250. The third-order valence-electron chi connectivity index (χ3n) is 4.75. The number of sulfonamides is 1. The van der Waals surface area contributed by atoms with E-state index >= 15 is 0 Å². The minimum Gasteiger partial charge on any atom is -0.265 e. The maximum absolute atomic E-state index is 12.8. The standard InChI is InChI=1S/C20H20N4O2S/c25-27(26,15-16-4-2-1-3-5-16)24-12-8-18-14-20(17-6-10-21-11-7-17)23-22-19(18)9-13-24/h1-7,10-11,14H,8-9,12-13,15H2. The number of aromatic nitrogens is 3. The monoisotopic (exact) mass is 380 g/mol. The zero-order valence-electron chi connectivity index (χ0n) is 14.8. The zero-order chi connectivity index (χ0) is 18.7. The molecule has 1 aliphatic rings. The summed E-state index contributed by atoms with van der Waals surface area (Å²) in [7, 11) is -3.36. The lowest BCUT2D eigenvalue weighted by molar-refractivity contribution is 0.425. The molecule has 0 bridgehead atoms. The fourth-order valence-electron chi connectivity index (χ4n) is 3.29. The van der Waals surface area contributed by atoms with E-state index in [0.29, 0.717) is 25.9 Å². The topological polar surface area (TPSA) is 76.1 Å². The molecular weight excluding hydrogens is 360 g/mol. The Hall–Kier alpha value is -2.64. The van der Waals surface area contributed by atoms with Crippen molar-refractivity contribution in [2.24, 2.45) is 0 Å². The van der Waals surface area contributed by atoms with Gasteiger partial charge in [0, 0.05) is 37.5 Å². The first kappa shape index (κ1) is 17.8. The molecule has 0 fully saturated rings. The normalized spacial score (nSPS) is 15.1. The Morgan fingerprint density at radius 2 is 1.67 bits per heavy atom. The fourth-order valence-corrected chi connectivity index (χ4v) is 4.82. The van der Waals surface area contributed by atoms with Crippen molar-refractivity contribution in [3.63, 3.8) is 0 Å². The zero-order valence-corrected chi connectivity index (χ0v) is 15.6. The molecule has 3 heterocycles. The van der Waals surface area contributed by atoms with E-state index in [1.54, 1.807) is 16.7 Å². The minimum absolute atomic E-state index is 0.0259. The van der Waals surface area contributed by atoms with Crippen LogP contribution in [-0.2, 0) is 28.6 Å². The molecule has 0 aliphatic carbocycles. The summed E-state index contributed by atoms with van der Waals surface area (Å²) in [5.74, 6) is 0.0259. The van der Waals surface area contributed by atoms with Crippen molar-refractivity contribution in [1.82, 2.24) is 19.5 Å². The Morgan fingerprint density at radius 1 is 0.926 bits per heavy atom. The molecule has 6 nitrogen and oxygen atoms in total. The van der Waals surface area contributed by atoms with Crippen LogP contribution in [-0.4, -0.2) is 41.0 Å². The van der Waals surface area contributed by atoms with Crippen LogP contribution < -0.4 is 0 Å². The van der Waals surface area contributed by atoms with Gasteiger partial charge >= 0.3 is 0 Å². The van der Waals surface area contributed by atoms with Crippen molar-refractivity contribution < 1.29 is 8.42 Å². The van der Waals surface area contributed by atoms with Crippen LogP contribution in [0.2, 0.25) is 0 Å². The molecule has 1 aromatic carbocycles. The number of hydrogen-bond donors (Lipinski definition) is 0. The highest BCUT2D eigenvalue weighted by Crippen LogP contribution is 2.22. The molecule has 4 rings (SSSR count). The summed E-state index contributed by atoms with van der Waals surface area (Å²) < 4.78 is 27.2. The first-order valence-corrected chi connectivity index (χ1v) is 10.5. The summed E-state index contributed by atoms with van der Waals surface area (Å²) in [5.41, 5.74) is 4.49. The Balaban J connectivity index is 1.53. The lowest BCUT2D eigenvalue weighted by Gasteiger charge is -2.19. The maximum Gasteiger partial charge on any atom is 0.218 e. The van der Waals surface area contributed by atoms with Gasteiger partial charge in [0.2, 0.25) is 10.0 Å². The number of benzene rings is 1. The predicted octanol–water partition coefficient (Wildman–Crippen LogP) is 2.47. The third-order valence-corrected chi connectivity index (χ3v) is 6.60. The molecule has 0 spiro atoms. The molecule has 0 amide bonds. The van der Waals surface area contributed by atoms with E-state index in [1.807, 2.05) is 48.5 Å². The maximum atomic E-state index is 12.8. The van der Waals surface area contributed by atoms with Crippen molar-refractivity contribution in [1.29, 1.82) is 0 Å². The molecule has 3 aromatic rings. The van der Waals surface area contributed by atoms with Gasteiger partial charge in [-0.3, -0.25) is 4.98 Å². The molecule has 0 saturated heterocycles. The van der Waals surface area contributed by atoms with Crippen molar-refractivity contribution >= 4 is 10.0 Å². The van der Waals surface area contributed by atoms with Gasteiger partial charge < -0.3 is 0 Å². The average molecular weight is 380 g/mol. The van der Waals surface area contributed by atoms with E-state index in [-0.39, 0.29) is 5.75 Å². The largest absolute Gasteiger partial charge is 0.265 e. The summed E-state index contributed by atoms with van der Waals surface area (Å²) in [5, 5.41) is 8.68. The van der Waals surface area contributed by atoms with Crippen LogP contribution in [0.25, 0.3) is 11.3 Å². The van der Waals surface area contributed by atoms with Crippen LogP contribution in [0.3, 0.4) is 0 Å². The van der Waals surface area contributed by atoms with Crippen LogP contribution in [0.5, 0.6) is 0 Å². The second kappa shape index (κ2) is 7.54. The number of fused-ring (bicyclic) bond motifs is 1. The minimum atomic E-state index is -3.36. The Bertz CT molecular complexity index is 1020. The van der Waals surface area contributed by atoms with E-state index in [0.717, 1.165) is 28.1 Å². The van der Waals surface area contributed by atoms with Gasteiger partial charge in [0.1, 0.15) is 0 Å². The number of hydrogen-bond acceptors (Lipinski definition) is 5. The van der Waals surface area contributed by atoms with E-state index < -0.39 is 10.0 Å². The molecule has 138 valence electrons. The van der Waals surface area contributed by atoms with Gasteiger partial charge in [-0.1, -0.05) is 30.3 Å². The number of rotatable bonds is 4. The van der Waals surface area contributed by atoms with Crippen molar-refractivity contribution in [3.05, 3.63) is 77.7 Å². The molecule has 0 radical (unpaired) electrons. The molecule has 1 aliphatic heterocycles. The first-order chi connectivity index (χ1) is 13.1. The quantitative estimate of drug-likeness (QED) is 0.695. The highest BCUT2D eigenvalue weighted by Gasteiger charge is 2.26. The van der Waals surface area contributed by atoms with E-state index in [2.05, 4.69) is 15.2 Å². The summed E-state index contributed by atoms with van der Waals surface area (Å²) in [4.78, 5) is 4.02. The Morgan fingerprint density at radius 3 is 2.44 bits per heavy atom.